The van der Waals surface area contributed by atoms with Crippen molar-refractivity contribution in [3.05, 3.63) is 0 Å². The molecule has 0 N–H and O–H groups in total. The Morgan fingerprint density at radius 1 is 0.256 bits per heavy atom. The summed E-state index contributed by atoms with van der Waals surface area (Å²) in [5, 5.41) is 0. The molecule has 0 unspecified atom stereocenters. The zero-order chi connectivity index (χ0) is 27.5. The lowest BCUT2D eigenvalue weighted by Gasteiger charge is -2.31. The van der Waals surface area contributed by atoms with Crippen molar-refractivity contribution in [3.8, 4) is 0 Å². The number of unbranched alkanes of at least 4 members (excludes halogenated alkanes) is 22. The molecule has 0 aromatic rings. The predicted molar refractivity (Wildman–Crippen MR) is 170 cm³/mol. The molecule has 0 rings (SSSR count). The van der Waals surface area contributed by atoms with Gasteiger partial charge in [0.2, 0.25) is 0 Å². The summed E-state index contributed by atoms with van der Waals surface area (Å²) in [5.41, 5.74) is 0. The maximum absolute atomic E-state index is 2.46. The van der Waals surface area contributed by atoms with Crippen LogP contribution in [0.2, 0.25) is 0 Å². The van der Waals surface area contributed by atoms with Crippen molar-refractivity contribution < 1.29 is 42.9 Å². The first-order chi connectivity index (χ1) is 17.8. The molecule has 0 radical (unpaired) electrons. The summed E-state index contributed by atoms with van der Waals surface area (Å²) in [4.78, 5) is 0. The molecule has 0 aromatic carbocycles. The largest absolute Gasteiger partial charge is 1.00 e. The monoisotopic (exact) mass is 682 g/mol. The van der Waals surface area contributed by atoms with Gasteiger partial charge in [0.1, 0.15) is 0 Å². The fraction of sp³-hybridized carbons (Fsp3) is 1.00. The molecule has 0 bridgehead atoms. The maximum Gasteiger partial charge on any atom is 0.0782 e. The number of quaternary nitrogens is 2. The minimum absolute atomic E-state index is 0. The van der Waals surface area contributed by atoms with Crippen LogP contribution in [0, 0.1) is 0 Å². The normalized spacial score (nSPS) is 11.8. The van der Waals surface area contributed by atoms with Crippen molar-refractivity contribution >= 4 is 0 Å². The van der Waals surface area contributed by atoms with Crippen LogP contribution in [0.3, 0.4) is 0 Å². The Balaban J connectivity index is -0.00000648. The summed E-state index contributed by atoms with van der Waals surface area (Å²) in [6.07, 6.45) is 36.1. The molecule has 0 amide bonds. The van der Waals surface area contributed by atoms with E-state index >= 15 is 0 Å². The molecule has 0 heterocycles. The predicted octanol–water partition coefficient (Wildman–Crippen LogP) is 4.94. The van der Waals surface area contributed by atoms with Crippen LogP contribution in [0.5, 0.6) is 0 Å². The summed E-state index contributed by atoms with van der Waals surface area (Å²) < 4.78 is 2.46. The first kappa shape index (κ1) is 44.3. The number of hydrogen-bond acceptors (Lipinski definition) is 0. The van der Waals surface area contributed by atoms with E-state index in [2.05, 4.69) is 42.0 Å². The standard InChI is InChI=1S/C35H76N2.2BrH/c1-7-9-11-13-15-17-19-21-23-25-28-32-36(3,4)34-30-27-31-35-37(5,6)33-29-26-24-22-20-18-16-14-12-10-8-2;;/h7-35H2,1-6H3;2*1H/q+2;;/p-2. The van der Waals surface area contributed by atoms with E-state index in [1.807, 2.05) is 0 Å². The first-order valence-corrected chi connectivity index (χ1v) is 17.5. The number of rotatable bonds is 30. The molecule has 4 heteroatoms. The van der Waals surface area contributed by atoms with Crippen molar-refractivity contribution in [1.82, 2.24) is 0 Å². The van der Waals surface area contributed by atoms with Gasteiger partial charge in [-0.1, -0.05) is 129 Å². The Hall–Kier alpha value is 0.880. The molecule has 0 atom stereocenters. The highest BCUT2D eigenvalue weighted by molar-refractivity contribution is 4.51. The smallest absolute Gasteiger partial charge is 0.0782 e. The fourth-order valence-corrected chi connectivity index (χ4v) is 5.89. The summed E-state index contributed by atoms with van der Waals surface area (Å²) >= 11 is 0. The van der Waals surface area contributed by atoms with E-state index in [9.17, 15) is 0 Å². The van der Waals surface area contributed by atoms with Crippen LogP contribution < -0.4 is 34.0 Å². The first-order valence-electron chi connectivity index (χ1n) is 17.5. The highest BCUT2D eigenvalue weighted by Crippen LogP contribution is 2.15. The fourth-order valence-electron chi connectivity index (χ4n) is 5.89. The van der Waals surface area contributed by atoms with Crippen LogP contribution in [0.15, 0.2) is 0 Å². The van der Waals surface area contributed by atoms with E-state index in [1.165, 1.54) is 196 Å². The van der Waals surface area contributed by atoms with Crippen molar-refractivity contribution in [2.45, 2.75) is 174 Å². The van der Waals surface area contributed by atoms with E-state index in [0.29, 0.717) is 0 Å². The van der Waals surface area contributed by atoms with Gasteiger partial charge in [-0.2, -0.15) is 0 Å². The van der Waals surface area contributed by atoms with Gasteiger partial charge < -0.3 is 42.9 Å². The second-order valence-corrected chi connectivity index (χ2v) is 13.9. The molecule has 0 saturated carbocycles. The quantitative estimate of drug-likeness (QED) is 0.0744. The van der Waals surface area contributed by atoms with Crippen LogP contribution in [0.1, 0.15) is 174 Å². The van der Waals surface area contributed by atoms with Crippen molar-refractivity contribution in [1.29, 1.82) is 0 Å². The number of nitrogens with zero attached hydrogens (tertiary/aromatic N) is 2. The van der Waals surface area contributed by atoms with Gasteiger partial charge in [0.05, 0.1) is 54.4 Å². The molecule has 0 aromatic heterocycles. The molecule has 0 fully saturated rings. The molecule has 240 valence electrons. The van der Waals surface area contributed by atoms with Gasteiger partial charge in [-0.15, -0.1) is 0 Å². The maximum atomic E-state index is 2.46. The lowest BCUT2D eigenvalue weighted by molar-refractivity contribution is -0.892. The summed E-state index contributed by atoms with van der Waals surface area (Å²) in [6.45, 7) is 10.1. The highest BCUT2D eigenvalue weighted by Gasteiger charge is 2.16. The minimum atomic E-state index is 0. The van der Waals surface area contributed by atoms with Gasteiger partial charge in [0, 0.05) is 0 Å². The molecule has 0 aliphatic rings. The van der Waals surface area contributed by atoms with Crippen LogP contribution in [-0.2, 0) is 0 Å². The molecule has 0 aliphatic heterocycles. The van der Waals surface area contributed by atoms with Crippen LogP contribution in [0.4, 0.5) is 0 Å². The zero-order valence-corrected chi connectivity index (χ0v) is 31.3. The second kappa shape index (κ2) is 31.8. The van der Waals surface area contributed by atoms with Gasteiger partial charge in [0.15, 0.2) is 0 Å². The van der Waals surface area contributed by atoms with Gasteiger partial charge in [-0.25, -0.2) is 0 Å². The Morgan fingerprint density at radius 2 is 0.410 bits per heavy atom. The van der Waals surface area contributed by atoms with Gasteiger partial charge >= 0.3 is 0 Å². The molecule has 39 heavy (non-hydrogen) atoms. The minimum Gasteiger partial charge on any atom is -1.00 e. The van der Waals surface area contributed by atoms with E-state index < -0.39 is 0 Å². The Morgan fingerprint density at radius 3 is 0.615 bits per heavy atom. The lowest BCUT2D eigenvalue weighted by Crippen LogP contribution is -3.00. The van der Waals surface area contributed by atoms with E-state index in [0.717, 1.165) is 0 Å². The zero-order valence-electron chi connectivity index (χ0n) is 28.2. The Labute approximate surface area is 270 Å². The van der Waals surface area contributed by atoms with Crippen molar-refractivity contribution in [2.75, 3.05) is 54.4 Å². The van der Waals surface area contributed by atoms with Crippen LogP contribution >= 0.6 is 0 Å². The SMILES string of the molecule is CCCCCCCCCCCCC[N+](C)(C)CCCCC[N+](C)(C)CCCCCCCCCCCCC.[Br-].[Br-]. The average Bonchev–Trinajstić information content (AvgIpc) is 2.85. The van der Waals surface area contributed by atoms with Gasteiger partial charge in [-0.05, 0) is 44.9 Å². The Bertz CT molecular complexity index is 414. The molecule has 2 nitrogen and oxygen atoms in total. The molecule has 0 saturated heterocycles. The summed E-state index contributed by atoms with van der Waals surface area (Å²) in [6, 6.07) is 0. The number of halogens is 2. The molecular formula is C35H76Br2N2. The third-order valence-corrected chi connectivity index (χ3v) is 8.76. The van der Waals surface area contributed by atoms with Gasteiger partial charge in [0.25, 0.3) is 0 Å². The topological polar surface area (TPSA) is 0 Å². The van der Waals surface area contributed by atoms with Crippen LogP contribution in [-0.4, -0.2) is 63.3 Å². The van der Waals surface area contributed by atoms with Crippen molar-refractivity contribution in [2.24, 2.45) is 0 Å². The third-order valence-electron chi connectivity index (χ3n) is 8.76. The molecule has 0 aliphatic carbocycles. The number of hydrogen-bond donors (Lipinski definition) is 0. The second-order valence-electron chi connectivity index (χ2n) is 13.9. The van der Waals surface area contributed by atoms with E-state index in [-0.39, 0.29) is 34.0 Å². The average molecular weight is 685 g/mol. The molecule has 0 spiro atoms. The third kappa shape index (κ3) is 35.0. The summed E-state index contributed by atoms with van der Waals surface area (Å²) in [7, 11) is 9.84. The Kier molecular flexibility index (Phi) is 36.1. The molecular weight excluding hydrogens is 608 g/mol. The van der Waals surface area contributed by atoms with Gasteiger partial charge in [-0.3, -0.25) is 0 Å². The summed E-state index contributed by atoms with van der Waals surface area (Å²) in [5.74, 6) is 0. The van der Waals surface area contributed by atoms with E-state index in [4.69, 9.17) is 0 Å². The lowest BCUT2D eigenvalue weighted by atomic mass is 10.1. The van der Waals surface area contributed by atoms with Crippen molar-refractivity contribution in [3.63, 3.8) is 0 Å². The highest BCUT2D eigenvalue weighted by atomic mass is 79.9. The van der Waals surface area contributed by atoms with E-state index in [1.54, 1.807) is 0 Å². The van der Waals surface area contributed by atoms with Crippen LogP contribution in [0.25, 0.3) is 0 Å².